The average Bonchev–Trinajstić information content (AvgIpc) is 2.41. The van der Waals surface area contributed by atoms with E-state index in [1.54, 1.807) is 7.11 Å². The number of ketones is 1. The number of carbonyl (C=O) groups excluding carboxylic acids is 1. The van der Waals surface area contributed by atoms with Gasteiger partial charge in [-0.15, -0.1) is 0 Å². The highest BCUT2D eigenvalue weighted by atomic mass is 19.1. The standard InChI is InChI=1S/C14H18F2O4/c1-18-8-9-19-6-3-7-20-10-13(17)14-11(15)4-2-5-12(14)16/h2,4-5H,3,6-10H2,1H3. The Hall–Kier alpha value is -1.37. The summed E-state index contributed by atoms with van der Waals surface area (Å²) >= 11 is 0. The van der Waals surface area contributed by atoms with E-state index in [1.165, 1.54) is 6.07 Å². The van der Waals surface area contributed by atoms with Gasteiger partial charge in [0.25, 0.3) is 0 Å². The van der Waals surface area contributed by atoms with Crippen molar-refractivity contribution in [2.75, 3.05) is 40.1 Å². The summed E-state index contributed by atoms with van der Waals surface area (Å²) in [6.07, 6.45) is 0.594. The molecule has 1 aromatic carbocycles. The molecule has 0 atom stereocenters. The largest absolute Gasteiger partial charge is 0.382 e. The number of hydrogen-bond acceptors (Lipinski definition) is 4. The number of ether oxygens (including phenoxy) is 3. The molecule has 0 heterocycles. The summed E-state index contributed by atoms with van der Waals surface area (Å²) in [4.78, 5) is 11.6. The molecule has 0 aliphatic carbocycles. The summed E-state index contributed by atoms with van der Waals surface area (Å²) < 4.78 is 41.7. The third-order valence-corrected chi connectivity index (χ3v) is 2.48. The van der Waals surface area contributed by atoms with Gasteiger partial charge >= 0.3 is 0 Å². The number of hydrogen-bond donors (Lipinski definition) is 0. The molecule has 0 bridgehead atoms. The zero-order valence-electron chi connectivity index (χ0n) is 11.4. The van der Waals surface area contributed by atoms with Gasteiger partial charge in [-0.1, -0.05) is 6.07 Å². The monoisotopic (exact) mass is 288 g/mol. The van der Waals surface area contributed by atoms with Crippen LogP contribution in [0.5, 0.6) is 0 Å². The average molecular weight is 288 g/mol. The van der Waals surface area contributed by atoms with E-state index in [0.717, 1.165) is 12.1 Å². The molecule has 0 saturated heterocycles. The van der Waals surface area contributed by atoms with Crippen LogP contribution in [0, 0.1) is 11.6 Å². The quantitative estimate of drug-likeness (QED) is 0.489. The fraction of sp³-hybridized carbons (Fsp3) is 0.500. The fourth-order valence-corrected chi connectivity index (χ4v) is 1.51. The number of rotatable bonds is 10. The summed E-state index contributed by atoms with van der Waals surface area (Å²) in [5.41, 5.74) is -0.552. The van der Waals surface area contributed by atoms with Gasteiger partial charge in [0.2, 0.25) is 0 Å². The van der Waals surface area contributed by atoms with E-state index in [-0.39, 0.29) is 13.2 Å². The second kappa shape index (κ2) is 9.52. The van der Waals surface area contributed by atoms with Gasteiger partial charge < -0.3 is 14.2 Å². The maximum Gasteiger partial charge on any atom is 0.194 e. The second-order valence-electron chi connectivity index (χ2n) is 4.03. The first-order valence-corrected chi connectivity index (χ1v) is 6.28. The minimum atomic E-state index is -0.874. The van der Waals surface area contributed by atoms with Gasteiger partial charge in [0, 0.05) is 20.3 Å². The molecule has 6 heteroatoms. The highest BCUT2D eigenvalue weighted by molar-refractivity contribution is 5.97. The van der Waals surface area contributed by atoms with E-state index < -0.39 is 23.0 Å². The molecule has 0 unspecified atom stereocenters. The van der Waals surface area contributed by atoms with E-state index in [4.69, 9.17) is 14.2 Å². The highest BCUT2D eigenvalue weighted by Crippen LogP contribution is 2.12. The van der Waals surface area contributed by atoms with Crippen LogP contribution in [0.2, 0.25) is 0 Å². The zero-order valence-corrected chi connectivity index (χ0v) is 11.4. The first-order chi connectivity index (χ1) is 9.66. The maximum absolute atomic E-state index is 13.3. The fourth-order valence-electron chi connectivity index (χ4n) is 1.51. The molecule has 0 aliphatic heterocycles. The number of halogens is 2. The maximum atomic E-state index is 13.3. The molecule has 1 rings (SSSR count). The lowest BCUT2D eigenvalue weighted by atomic mass is 10.1. The van der Waals surface area contributed by atoms with Crippen LogP contribution in [-0.2, 0) is 14.2 Å². The number of Topliss-reactive ketones (excluding diaryl/α,β-unsaturated/α-hetero) is 1. The summed E-state index contributed by atoms with van der Waals surface area (Å²) in [5, 5.41) is 0. The van der Waals surface area contributed by atoms with Gasteiger partial charge in [0.15, 0.2) is 5.78 Å². The van der Waals surface area contributed by atoms with Crippen molar-refractivity contribution in [3.8, 4) is 0 Å². The molecular weight excluding hydrogens is 270 g/mol. The number of carbonyl (C=O) groups is 1. The van der Waals surface area contributed by atoms with E-state index in [0.29, 0.717) is 26.2 Å². The Kier molecular flexibility index (Phi) is 7.94. The van der Waals surface area contributed by atoms with Crippen molar-refractivity contribution in [1.82, 2.24) is 0 Å². The van der Waals surface area contributed by atoms with Crippen molar-refractivity contribution in [1.29, 1.82) is 0 Å². The third kappa shape index (κ3) is 5.73. The second-order valence-corrected chi connectivity index (χ2v) is 4.03. The van der Waals surface area contributed by atoms with E-state index in [9.17, 15) is 13.6 Å². The van der Waals surface area contributed by atoms with Gasteiger partial charge in [0.05, 0.1) is 18.8 Å². The Morgan fingerprint density at radius 2 is 1.70 bits per heavy atom. The van der Waals surface area contributed by atoms with Crippen LogP contribution in [-0.4, -0.2) is 45.9 Å². The van der Waals surface area contributed by atoms with Crippen LogP contribution in [0.25, 0.3) is 0 Å². The first kappa shape index (κ1) is 16.7. The molecule has 0 amide bonds. The van der Waals surface area contributed by atoms with Crippen molar-refractivity contribution in [3.05, 3.63) is 35.4 Å². The lowest BCUT2D eigenvalue weighted by molar-refractivity contribution is 0.0486. The van der Waals surface area contributed by atoms with Gasteiger partial charge in [-0.3, -0.25) is 4.79 Å². The smallest absolute Gasteiger partial charge is 0.194 e. The molecule has 0 fully saturated rings. The van der Waals surface area contributed by atoms with E-state index in [1.807, 2.05) is 0 Å². The molecule has 112 valence electrons. The molecule has 4 nitrogen and oxygen atoms in total. The first-order valence-electron chi connectivity index (χ1n) is 6.28. The van der Waals surface area contributed by atoms with Crippen molar-refractivity contribution in [3.63, 3.8) is 0 Å². The van der Waals surface area contributed by atoms with E-state index in [2.05, 4.69) is 0 Å². The minimum Gasteiger partial charge on any atom is -0.382 e. The predicted molar refractivity (Wildman–Crippen MR) is 68.8 cm³/mol. The lowest BCUT2D eigenvalue weighted by Crippen LogP contribution is -2.14. The van der Waals surface area contributed by atoms with Gasteiger partial charge in [0.1, 0.15) is 18.2 Å². The normalized spacial score (nSPS) is 10.8. The van der Waals surface area contributed by atoms with Crippen LogP contribution >= 0.6 is 0 Å². The molecule has 0 saturated carbocycles. The summed E-state index contributed by atoms with van der Waals surface area (Å²) in [6, 6.07) is 3.29. The van der Waals surface area contributed by atoms with Crippen LogP contribution in [0.3, 0.4) is 0 Å². The molecule has 0 spiro atoms. The lowest BCUT2D eigenvalue weighted by Gasteiger charge is -2.06. The highest BCUT2D eigenvalue weighted by Gasteiger charge is 2.16. The predicted octanol–water partition coefficient (Wildman–Crippen LogP) is 2.22. The molecule has 0 radical (unpaired) electrons. The number of methoxy groups -OCH3 is 1. The number of benzene rings is 1. The molecule has 0 aromatic heterocycles. The molecule has 1 aromatic rings. The molecule has 0 N–H and O–H groups in total. The zero-order chi connectivity index (χ0) is 14.8. The molecule has 20 heavy (non-hydrogen) atoms. The third-order valence-electron chi connectivity index (χ3n) is 2.48. The summed E-state index contributed by atoms with van der Waals surface area (Å²) in [5.74, 6) is -2.45. The van der Waals surface area contributed by atoms with Gasteiger partial charge in [-0.05, 0) is 18.6 Å². The minimum absolute atomic E-state index is 0.287. The summed E-state index contributed by atoms with van der Waals surface area (Å²) in [7, 11) is 1.58. The van der Waals surface area contributed by atoms with Crippen LogP contribution in [0.1, 0.15) is 16.8 Å². The Labute approximate surface area is 116 Å². The topological polar surface area (TPSA) is 44.8 Å². The molecular formula is C14H18F2O4. The van der Waals surface area contributed by atoms with Crippen molar-refractivity contribution in [2.24, 2.45) is 0 Å². The molecule has 0 aliphatic rings. The van der Waals surface area contributed by atoms with Crippen LogP contribution in [0.15, 0.2) is 18.2 Å². The SMILES string of the molecule is COCCOCCCOCC(=O)c1c(F)cccc1F. The van der Waals surface area contributed by atoms with Crippen LogP contribution in [0.4, 0.5) is 8.78 Å². The Bertz CT molecular complexity index is 403. The van der Waals surface area contributed by atoms with E-state index >= 15 is 0 Å². The summed E-state index contributed by atoms with van der Waals surface area (Å²) in [6.45, 7) is 1.43. The Morgan fingerprint density at radius 1 is 1.05 bits per heavy atom. The van der Waals surface area contributed by atoms with Crippen molar-refractivity contribution >= 4 is 5.78 Å². The van der Waals surface area contributed by atoms with Gasteiger partial charge in [-0.25, -0.2) is 8.78 Å². The van der Waals surface area contributed by atoms with Crippen LogP contribution < -0.4 is 0 Å². The van der Waals surface area contributed by atoms with Crippen molar-refractivity contribution in [2.45, 2.75) is 6.42 Å². The Morgan fingerprint density at radius 3 is 2.35 bits per heavy atom. The van der Waals surface area contributed by atoms with Crippen molar-refractivity contribution < 1.29 is 27.8 Å². The van der Waals surface area contributed by atoms with Gasteiger partial charge in [-0.2, -0.15) is 0 Å². The Balaban J connectivity index is 2.21.